The lowest BCUT2D eigenvalue weighted by atomic mass is 10.2. The molecule has 0 radical (unpaired) electrons. The molecule has 0 saturated heterocycles. The fourth-order valence-electron chi connectivity index (χ4n) is 2.66. The second-order valence-corrected chi connectivity index (χ2v) is 7.39. The molecule has 3 rings (SSSR count). The van der Waals surface area contributed by atoms with Crippen molar-refractivity contribution in [2.75, 3.05) is 0 Å². The van der Waals surface area contributed by atoms with E-state index in [4.69, 9.17) is 11.6 Å². The van der Waals surface area contributed by atoms with Gasteiger partial charge in [-0.2, -0.15) is 4.99 Å². The summed E-state index contributed by atoms with van der Waals surface area (Å²) in [6.07, 6.45) is 0. The highest BCUT2D eigenvalue weighted by atomic mass is 35.5. The van der Waals surface area contributed by atoms with Crippen molar-refractivity contribution in [1.82, 2.24) is 4.57 Å². The van der Waals surface area contributed by atoms with Crippen LogP contribution in [0.3, 0.4) is 0 Å². The smallest absolute Gasteiger partial charge is 0.279 e. The van der Waals surface area contributed by atoms with Crippen molar-refractivity contribution in [3.05, 3.63) is 84.4 Å². The summed E-state index contributed by atoms with van der Waals surface area (Å²) >= 11 is 6.89. The molecular weight excluding hydrogens is 421 g/mol. The lowest BCUT2D eigenvalue weighted by Gasteiger charge is -2.07. The molecular formula is C19H13ClFN3O4S. The Morgan fingerprint density at radius 2 is 1.86 bits per heavy atom. The molecule has 2 aromatic carbocycles. The summed E-state index contributed by atoms with van der Waals surface area (Å²) in [5.74, 6) is -1.45. The van der Waals surface area contributed by atoms with E-state index in [9.17, 15) is 24.1 Å². The van der Waals surface area contributed by atoms with Crippen LogP contribution in [0.4, 0.5) is 10.1 Å². The monoisotopic (exact) mass is 433 g/mol. The quantitative estimate of drug-likeness (QED) is 0.344. The van der Waals surface area contributed by atoms with Gasteiger partial charge >= 0.3 is 0 Å². The highest BCUT2D eigenvalue weighted by molar-refractivity contribution is 7.11. The van der Waals surface area contributed by atoms with E-state index in [0.29, 0.717) is 16.3 Å². The lowest BCUT2D eigenvalue weighted by molar-refractivity contribution is -0.384. The van der Waals surface area contributed by atoms with Crippen molar-refractivity contribution in [3.8, 4) is 5.69 Å². The lowest BCUT2D eigenvalue weighted by Crippen LogP contribution is -2.16. The number of non-ortho nitro benzene ring substituents is 1. The number of carbonyl (C=O) groups is 2. The van der Waals surface area contributed by atoms with Gasteiger partial charge in [0, 0.05) is 36.0 Å². The number of nitrogens with zero attached hydrogens (tertiary/aromatic N) is 3. The van der Waals surface area contributed by atoms with E-state index in [-0.39, 0.29) is 26.9 Å². The molecule has 0 aliphatic heterocycles. The number of Topliss-reactive ketones (excluding diaryl/α,β-unsaturated/α-hetero) is 1. The van der Waals surface area contributed by atoms with Gasteiger partial charge in [0.2, 0.25) is 0 Å². The van der Waals surface area contributed by atoms with E-state index < -0.39 is 16.6 Å². The molecule has 0 aliphatic rings. The number of carbonyl (C=O) groups excluding carboxylic acids is 2. The molecule has 7 nitrogen and oxygen atoms in total. The Kier molecular flexibility index (Phi) is 5.71. The summed E-state index contributed by atoms with van der Waals surface area (Å²) < 4.78 is 15.1. The van der Waals surface area contributed by atoms with Crippen molar-refractivity contribution in [3.63, 3.8) is 0 Å². The summed E-state index contributed by atoms with van der Waals surface area (Å²) in [6, 6.07) is 9.02. The second-order valence-electron chi connectivity index (χ2n) is 6.01. The zero-order valence-electron chi connectivity index (χ0n) is 15.2. The molecule has 29 heavy (non-hydrogen) atoms. The third-order valence-electron chi connectivity index (χ3n) is 4.05. The Balaban J connectivity index is 2.15. The maximum Gasteiger partial charge on any atom is 0.279 e. The van der Waals surface area contributed by atoms with Gasteiger partial charge < -0.3 is 0 Å². The third kappa shape index (κ3) is 4.15. The van der Waals surface area contributed by atoms with Crippen LogP contribution in [-0.2, 0) is 0 Å². The number of benzene rings is 2. The first-order chi connectivity index (χ1) is 13.7. The van der Waals surface area contributed by atoms with E-state index in [2.05, 4.69) is 4.99 Å². The van der Waals surface area contributed by atoms with E-state index in [1.165, 1.54) is 54.0 Å². The molecule has 1 aromatic heterocycles. The van der Waals surface area contributed by atoms with Gasteiger partial charge in [-0.3, -0.25) is 24.3 Å². The number of nitro benzene ring substituents is 1. The fraction of sp³-hybridized carbons (Fsp3) is 0.105. The Morgan fingerprint density at radius 3 is 2.41 bits per heavy atom. The van der Waals surface area contributed by atoms with Crippen LogP contribution < -0.4 is 4.80 Å². The van der Waals surface area contributed by atoms with Crippen LogP contribution in [0.25, 0.3) is 5.69 Å². The van der Waals surface area contributed by atoms with Gasteiger partial charge in [0.1, 0.15) is 5.82 Å². The van der Waals surface area contributed by atoms with Gasteiger partial charge in [-0.1, -0.05) is 22.9 Å². The van der Waals surface area contributed by atoms with Crippen LogP contribution in [-0.4, -0.2) is 21.2 Å². The van der Waals surface area contributed by atoms with Crippen LogP contribution >= 0.6 is 22.9 Å². The number of aromatic nitrogens is 1. The minimum Gasteiger partial charge on any atom is -0.294 e. The predicted molar refractivity (Wildman–Crippen MR) is 106 cm³/mol. The number of amides is 1. The van der Waals surface area contributed by atoms with Crippen LogP contribution in [0.15, 0.2) is 47.5 Å². The van der Waals surface area contributed by atoms with Gasteiger partial charge in [-0.05, 0) is 37.3 Å². The van der Waals surface area contributed by atoms with E-state index >= 15 is 0 Å². The first-order valence-corrected chi connectivity index (χ1v) is 9.41. The fourth-order valence-corrected chi connectivity index (χ4v) is 3.86. The van der Waals surface area contributed by atoms with Gasteiger partial charge in [0.25, 0.3) is 11.6 Å². The first kappa shape index (κ1) is 20.6. The van der Waals surface area contributed by atoms with Crippen molar-refractivity contribution in [1.29, 1.82) is 0 Å². The Morgan fingerprint density at radius 1 is 1.21 bits per heavy atom. The first-order valence-electron chi connectivity index (χ1n) is 8.21. The van der Waals surface area contributed by atoms with Gasteiger partial charge in [0.15, 0.2) is 10.6 Å². The average Bonchev–Trinajstić information content (AvgIpc) is 3.00. The minimum absolute atomic E-state index is 0.113. The van der Waals surface area contributed by atoms with Crippen LogP contribution in [0, 0.1) is 22.9 Å². The molecule has 148 valence electrons. The number of thiazole rings is 1. The SMILES string of the molecule is CC(=O)c1sc(=NC(=O)c2ccc([N+](=O)[O-])cc2)n(-c2ccc(F)c(Cl)c2)c1C. The normalized spacial score (nSPS) is 11.5. The largest absolute Gasteiger partial charge is 0.294 e. The Bertz CT molecular complexity index is 1220. The number of halogens is 2. The molecule has 0 unspecified atom stereocenters. The molecule has 1 heterocycles. The molecule has 0 saturated carbocycles. The van der Waals surface area contributed by atoms with E-state index in [1.807, 2.05) is 0 Å². The predicted octanol–water partition coefficient (Wildman–Crippen LogP) is 4.49. The van der Waals surface area contributed by atoms with Crippen molar-refractivity contribution in [2.24, 2.45) is 4.99 Å². The summed E-state index contributed by atoms with van der Waals surface area (Å²) in [4.78, 5) is 39.4. The van der Waals surface area contributed by atoms with Gasteiger partial charge in [-0.15, -0.1) is 0 Å². The molecule has 0 aliphatic carbocycles. The van der Waals surface area contributed by atoms with Crippen molar-refractivity contribution < 1.29 is 18.9 Å². The molecule has 0 N–H and O–H groups in total. The third-order valence-corrected chi connectivity index (χ3v) is 5.59. The van der Waals surface area contributed by atoms with E-state index in [0.717, 1.165) is 11.3 Å². The van der Waals surface area contributed by atoms with Crippen LogP contribution in [0.1, 0.15) is 32.6 Å². The van der Waals surface area contributed by atoms with Crippen molar-refractivity contribution >= 4 is 40.3 Å². The zero-order valence-corrected chi connectivity index (χ0v) is 16.8. The molecule has 10 heteroatoms. The number of ketones is 1. The Hall–Kier alpha value is -3.17. The highest BCUT2D eigenvalue weighted by Gasteiger charge is 2.17. The summed E-state index contributed by atoms with van der Waals surface area (Å²) in [7, 11) is 0. The van der Waals surface area contributed by atoms with Crippen molar-refractivity contribution in [2.45, 2.75) is 13.8 Å². The average molecular weight is 434 g/mol. The maximum absolute atomic E-state index is 13.6. The van der Waals surface area contributed by atoms with Crippen LogP contribution in [0.2, 0.25) is 5.02 Å². The van der Waals surface area contributed by atoms with Gasteiger partial charge in [0.05, 0.1) is 14.8 Å². The number of hydrogen-bond donors (Lipinski definition) is 0. The Labute approximate surface area is 172 Å². The zero-order chi connectivity index (χ0) is 21.3. The number of nitro groups is 1. The molecule has 0 bridgehead atoms. The topological polar surface area (TPSA) is 94.6 Å². The molecule has 0 atom stereocenters. The summed E-state index contributed by atoms with van der Waals surface area (Å²) in [5.41, 5.74) is 0.964. The highest BCUT2D eigenvalue weighted by Crippen LogP contribution is 2.22. The number of rotatable bonds is 4. The second kappa shape index (κ2) is 8.06. The summed E-state index contributed by atoms with van der Waals surface area (Å²) in [6.45, 7) is 3.07. The van der Waals surface area contributed by atoms with E-state index in [1.54, 1.807) is 6.92 Å². The summed E-state index contributed by atoms with van der Waals surface area (Å²) in [5, 5.41) is 10.6. The van der Waals surface area contributed by atoms with Crippen LogP contribution in [0.5, 0.6) is 0 Å². The molecule has 0 spiro atoms. The minimum atomic E-state index is -0.641. The number of hydrogen-bond acceptors (Lipinski definition) is 5. The standard InChI is InChI=1S/C19H13ClFN3O4S/c1-10-17(11(2)25)29-19(23(10)14-7-8-16(21)15(20)9-14)22-18(26)12-3-5-13(6-4-12)24(27)28/h3-9H,1-2H3. The van der Waals surface area contributed by atoms with Gasteiger partial charge in [-0.25, -0.2) is 4.39 Å². The maximum atomic E-state index is 13.6. The molecule has 0 fully saturated rings. The molecule has 3 aromatic rings. The molecule has 1 amide bonds.